The zero-order valence-electron chi connectivity index (χ0n) is 6.68. The molecule has 2 nitrogen and oxygen atoms in total. The minimum atomic E-state index is -2.77. The minimum absolute atomic E-state index is 0.0489. The van der Waals surface area contributed by atoms with E-state index in [0.29, 0.717) is 5.56 Å². The monoisotopic (exact) mass is 202 g/mol. The maximum Gasteiger partial charge on any atom is 0.281 e. The van der Waals surface area contributed by atoms with Gasteiger partial charge in [-0.15, -0.1) is 0 Å². The Labute approximate surface area is 78.8 Å². The smallest absolute Gasteiger partial charge is 0.253 e. The second-order valence-electron chi connectivity index (χ2n) is 2.43. The number of hydrogen-bond acceptors (Lipinski definition) is 2. The zero-order chi connectivity index (χ0) is 10.0. The lowest BCUT2D eigenvalue weighted by molar-refractivity contribution is 0.145. The molecular formula is C8H5ClF2N2. The van der Waals surface area contributed by atoms with Crippen LogP contribution in [0.1, 0.15) is 23.2 Å². The zero-order valence-corrected chi connectivity index (χ0v) is 7.44. The minimum Gasteiger partial charge on any atom is -0.253 e. The quantitative estimate of drug-likeness (QED) is 0.702. The van der Waals surface area contributed by atoms with Crippen LogP contribution in [0.15, 0.2) is 6.20 Å². The van der Waals surface area contributed by atoms with E-state index in [4.69, 9.17) is 16.9 Å². The number of rotatable bonds is 1. The number of aryl methyl sites for hydroxylation is 1. The molecule has 0 unspecified atom stereocenters. The molecule has 0 spiro atoms. The summed E-state index contributed by atoms with van der Waals surface area (Å²) in [7, 11) is 0. The fourth-order valence-electron chi connectivity index (χ4n) is 0.869. The van der Waals surface area contributed by atoms with Gasteiger partial charge in [-0.3, -0.25) is 4.98 Å². The molecule has 0 amide bonds. The Morgan fingerprint density at radius 3 is 2.69 bits per heavy atom. The highest BCUT2D eigenvalue weighted by Crippen LogP contribution is 2.27. The maximum atomic E-state index is 12.3. The van der Waals surface area contributed by atoms with Crippen molar-refractivity contribution >= 4 is 11.6 Å². The molecule has 0 aliphatic carbocycles. The molecule has 68 valence electrons. The molecule has 0 bridgehead atoms. The Hall–Kier alpha value is -1.21. The van der Waals surface area contributed by atoms with Crippen LogP contribution in [-0.4, -0.2) is 4.98 Å². The second kappa shape index (κ2) is 3.67. The Balaban J connectivity index is 3.41. The number of alkyl halides is 2. The van der Waals surface area contributed by atoms with Gasteiger partial charge in [0.1, 0.15) is 11.8 Å². The molecule has 1 rings (SSSR count). The number of pyridine rings is 1. The standard InChI is InChI=1S/C8H5ClF2N2/c1-4-3-13-7(8(10)11)5(2-12)6(4)9/h3,8H,1H3. The molecule has 1 aromatic rings. The summed E-state index contributed by atoms with van der Waals surface area (Å²) < 4.78 is 24.5. The van der Waals surface area contributed by atoms with Crippen molar-refractivity contribution in [1.82, 2.24) is 4.98 Å². The predicted molar refractivity (Wildman–Crippen MR) is 43.7 cm³/mol. The number of nitrogens with zero attached hydrogens (tertiary/aromatic N) is 2. The molecule has 0 fully saturated rings. The van der Waals surface area contributed by atoms with Crippen LogP contribution in [0, 0.1) is 18.3 Å². The summed E-state index contributed by atoms with van der Waals surface area (Å²) in [4.78, 5) is 3.45. The highest BCUT2D eigenvalue weighted by atomic mass is 35.5. The van der Waals surface area contributed by atoms with E-state index in [-0.39, 0.29) is 10.6 Å². The molecule has 0 atom stereocenters. The van der Waals surface area contributed by atoms with Crippen LogP contribution >= 0.6 is 11.6 Å². The van der Waals surface area contributed by atoms with Crippen molar-refractivity contribution in [1.29, 1.82) is 5.26 Å². The summed E-state index contributed by atoms with van der Waals surface area (Å²) in [5.41, 5.74) is -0.280. The third-order valence-electron chi connectivity index (χ3n) is 1.54. The van der Waals surface area contributed by atoms with Crippen LogP contribution in [0.4, 0.5) is 8.78 Å². The molecule has 0 saturated carbocycles. The van der Waals surface area contributed by atoms with Crippen molar-refractivity contribution in [3.63, 3.8) is 0 Å². The van der Waals surface area contributed by atoms with Crippen molar-refractivity contribution in [2.24, 2.45) is 0 Å². The number of nitriles is 1. The van der Waals surface area contributed by atoms with Gasteiger partial charge in [-0.1, -0.05) is 11.6 Å². The van der Waals surface area contributed by atoms with Gasteiger partial charge >= 0.3 is 0 Å². The highest BCUT2D eigenvalue weighted by Gasteiger charge is 2.18. The Morgan fingerprint density at radius 1 is 1.62 bits per heavy atom. The molecule has 0 aliphatic rings. The topological polar surface area (TPSA) is 36.7 Å². The molecule has 0 saturated heterocycles. The lowest BCUT2D eigenvalue weighted by Gasteiger charge is -2.04. The molecular weight excluding hydrogens is 198 g/mol. The molecule has 0 radical (unpaired) electrons. The lowest BCUT2D eigenvalue weighted by atomic mass is 10.1. The first-order chi connectivity index (χ1) is 6.07. The molecule has 0 aliphatic heterocycles. The van der Waals surface area contributed by atoms with Crippen molar-refractivity contribution in [3.8, 4) is 6.07 Å². The van der Waals surface area contributed by atoms with E-state index in [0.717, 1.165) is 0 Å². The number of halogens is 3. The van der Waals surface area contributed by atoms with Crippen LogP contribution in [0.5, 0.6) is 0 Å². The van der Waals surface area contributed by atoms with Gasteiger partial charge in [-0.2, -0.15) is 5.26 Å². The van der Waals surface area contributed by atoms with Crippen LogP contribution in [0.2, 0.25) is 5.02 Å². The normalized spacial score (nSPS) is 10.2. The van der Waals surface area contributed by atoms with Gasteiger partial charge in [0.25, 0.3) is 6.43 Å². The van der Waals surface area contributed by atoms with Crippen LogP contribution in [0.25, 0.3) is 0 Å². The van der Waals surface area contributed by atoms with Gasteiger partial charge in [0, 0.05) is 6.20 Å². The molecule has 0 aromatic carbocycles. The van der Waals surface area contributed by atoms with E-state index in [1.807, 2.05) is 0 Å². The van der Waals surface area contributed by atoms with E-state index >= 15 is 0 Å². The van der Waals surface area contributed by atoms with E-state index in [1.165, 1.54) is 6.20 Å². The number of aromatic nitrogens is 1. The average Bonchev–Trinajstić information content (AvgIpc) is 2.09. The predicted octanol–water partition coefficient (Wildman–Crippen LogP) is 2.85. The summed E-state index contributed by atoms with van der Waals surface area (Å²) in [5, 5.41) is 8.61. The summed E-state index contributed by atoms with van der Waals surface area (Å²) in [6.07, 6.45) is -1.54. The van der Waals surface area contributed by atoms with Crippen molar-refractivity contribution in [3.05, 3.63) is 28.0 Å². The third-order valence-corrected chi connectivity index (χ3v) is 2.02. The first kappa shape index (κ1) is 9.87. The number of hydrogen-bond donors (Lipinski definition) is 0. The van der Waals surface area contributed by atoms with E-state index in [9.17, 15) is 8.78 Å². The van der Waals surface area contributed by atoms with E-state index in [2.05, 4.69) is 4.98 Å². The Kier molecular flexibility index (Phi) is 2.79. The molecule has 1 aromatic heterocycles. The molecule has 13 heavy (non-hydrogen) atoms. The summed E-state index contributed by atoms with van der Waals surface area (Å²) in [5.74, 6) is 0. The summed E-state index contributed by atoms with van der Waals surface area (Å²) >= 11 is 5.65. The second-order valence-corrected chi connectivity index (χ2v) is 2.81. The van der Waals surface area contributed by atoms with Gasteiger partial charge in [-0.05, 0) is 12.5 Å². The first-order valence-electron chi connectivity index (χ1n) is 3.41. The van der Waals surface area contributed by atoms with E-state index in [1.54, 1.807) is 13.0 Å². The third kappa shape index (κ3) is 1.76. The average molecular weight is 203 g/mol. The molecule has 1 heterocycles. The molecule has 0 N–H and O–H groups in total. The van der Waals surface area contributed by atoms with Gasteiger partial charge in [-0.25, -0.2) is 8.78 Å². The summed E-state index contributed by atoms with van der Waals surface area (Å²) in [6.45, 7) is 1.60. The Bertz CT molecular complexity index is 371. The first-order valence-corrected chi connectivity index (χ1v) is 3.79. The van der Waals surface area contributed by atoms with Crippen molar-refractivity contribution in [2.45, 2.75) is 13.3 Å². The van der Waals surface area contributed by atoms with Gasteiger partial charge < -0.3 is 0 Å². The maximum absolute atomic E-state index is 12.3. The SMILES string of the molecule is Cc1cnc(C(F)F)c(C#N)c1Cl. The van der Waals surface area contributed by atoms with E-state index < -0.39 is 12.1 Å². The fraction of sp³-hybridized carbons (Fsp3) is 0.250. The lowest BCUT2D eigenvalue weighted by Crippen LogP contribution is -1.97. The van der Waals surface area contributed by atoms with Crippen LogP contribution in [0.3, 0.4) is 0 Å². The van der Waals surface area contributed by atoms with Crippen molar-refractivity contribution < 1.29 is 8.78 Å². The van der Waals surface area contributed by atoms with Gasteiger partial charge in [0.15, 0.2) is 0 Å². The largest absolute Gasteiger partial charge is 0.281 e. The fourth-order valence-corrected chi connectivity index (χ4v) is 1.06. The van der Waals surface area contributed by atoms with Crippen LogP contribution < -0.4 is 0 Å². The molecule has 5 heteroatoms. The van der Waals surface area contributed by atoms with Crippen molar-refractivity contribution in [2.75, 3.05) is 0 Å². The Morgan fingerprint density at radius 2 is 2.23 bits per heavy atom. The summed E-state index contributed by atoms with van der Waals surface area (Å²) in [6, 6.07) is 1.61. The van der Waals surface area contributed by atoms with Crippen LogP contribution in [-0.2, 0) is 0 Å². The highest BCUT2D eigenvalue weighted by molar-refractivity contribution is 6.32. The van der Waals surface area contributed by atoms with Gasteiger partial charge in [0.05, 0.1) is 10.6 Å². The van der Waals surface area contributed by atoms with Gasteiger partial charge in [0.2, 0.25) is 0 Å².